The Balaban J connectivity index is 3.46. The van der Waals surface area contributed by atoms with Crippen LogP contribution in [0.2, 0.25) is 0 Å². The van der Waals surface area contributed by atoms with E-state index in [1.165, 1.54) is 0 Å². The normalized spacial score (nSPS) is 13.8. The Hall–Kier alpha value is -0.160. The Morgan fingerprint density at radius 2 is 1.80 bits per heavy atom. The minimum atomic E-state index is 0.156. The molecule has 0 aliphatic carbocycles. The summed E-state index contributed by atoms with van der Waals surface area (Å²) in [6.07, 6.45) is 2.05. The zero-order valence-corrected chi connectivity index (χ0v) is 10.6. The highest BCUT2D eigenvalue weighted by atomic mass is 16.5. The Labute approximate surface area is 93.8 Å². The summed E-state index contributed by atoms with van der Waals surface area (Å²) in [4.78, 5) is 4.28. The van der Waals surface area contributed by atoms with E-state index in [4.69, 9.17) is 9.84 Å². The zero-order valence-electron chi connectivity index (χ0n) is 10.6. The number of likely N-dealkylation sites (N-methyl/N-ethyl adjacent to an activating group) is 1. The maximum absolute atomic E-state index is 8.66. The van der Waals surface area contributed by atoms with Crippen molar-refractivity contribution < 1.29 is 9.84 Å². The molecular weight excluding hydrogens is 192 g/mol. The highest BCUT2D eigenvalue weighted by Gasteiger charge is 2.08. The number of hydrogen-bond acceptors (Lipinski definition) is 4. The monoisotopic (exact) mass is 218 g/mol. The largest absolute Gasteiger partial charge is 0.396 e. The SMILES string of the molecule is CC(OCCN(C)C)N(C)CCCCO. The van der Waals surface area contributed by atoms with Crippen LogP contribution in [0.1, 0.15) is 19.8 Å². The molecule has 0 radical (unpaired) electrons. The fourth-order valence-electron chi connectivity index (χ4n) is 1.19. The van der Waals surface area contributed by atoms with Crippen molar-refractivity contribution >= 4 is 0 Å². The lowest BCUT2D eigenvalue weighted by Gasteiger charge is -2.25. The third kappa shape index (κ3) is 8.81. The molecule has 0 aromatic rings. The van der Waals surface area contributed by atoms with Crippen molar-refractivity contribution in [1.82, 2.24) is 9.80 Å². The van der Waals surface area contributed by atoms with Gasteiger partial charge < -0.3 is 14.7 Å². The van der Waals surface area contributed by atoms with Crippen LogP contribution < -0.4 is 0 Å². The lowest BCUT2D eigenvalue weighted by Crippen LogP contribution is -2.34. The van der Waals surface area contributed by atoms with Gasteiger partial charge in [0.05, 0.1) is 6.61 Å². The number of nitrogens with zero attached hydrogens (tertiary/aromatic N) is 2. The molecule has 0 rings (SSSR count). The van der Waals surface area contributed by atoms with E-state index >= 15 is 0 Å². The maximum Gasteiger partial charge on any atom is 0.107 e. The number of aliphatic hydroxyl groups is 1. The Morgan fingerprint density at radius 3 is 2.33 bits per heavy atom. The van der Waals surface area contributed by atoms with Gasteiger partial charge in [0.15, 0.2) is 0 Å². The molecule has 0 saturated heterocycles. The highest BCUT2D eigenvalue weighted by molar-refractivity contribution is 4.54. The molecule has 4 nitrogen and oxygen atoms in total. The summed E-state index contributed by atoms with van der Waals surface area (Å²) in [5.41, 5.74) is 0. The Morgan fingerprint density at radius 1 is 1.13 bits per heavy atom. The molecule has 0 aliphatic rings. The van der Waals surface area contributed by atoms with E-state index < -0.39 is 0 Å². The first-order valence-electron chi connectivity index (χ1n) is 5.65. The van der Waals surface area contributed by atoms with Gasteiger partial charge in [-0.2, -0.15) is 0 Å². The maximum atomic E-state index is 8.66. The first kappa shape index (κ1) is 14.8. The molecular formula is C11H26N2O2. The van der Waals surface area contributed by atoms with E-state index in [9.17, 15) is 0 Å². The standard InChI is InChI=1S/C11H26N2O2/c1-11(15-10-8-12(2)3)13(4)7-5-6-9-14/h11,14H,5-10H2,1-4H3. The third-order valence-electron chi connectivity index (χ3n) is 2.44. The van der Waals surface area contributed by atoms with Gasteiger partial charge in [0, 0.05) is 19.7 Å². The lowest BCUT2D eigenvalue weighted by molar-refractivity contribution is -0.0393. The number of hydrogen-bond donors (Lipinski definition) is 1. The molecule has 92 valence electrons. The summed E-state index contributed by atoms with van der Waals surface area (Å²) in [7, 11) is 6.13. The molecule has 0 spiro atoms. The lowest BCUT2D eigenvalue weighted by atomic mass is 10.3. The molecule has 0 aromatic heterocycles. The van der Waals surface area contributed by atoms with E-state index in [1.807, 2.05) is 14.1 Å². The van der Waals surface area contributed by atoms with E-state index in [0.29, 0.717) is 0 Å². The summed E-state index contributed by atoms with van der Waals surface area (Å²) in [5.74, 6) is 0. The van der Waals surface area contributed by atoms with E-state index in [0.717, 1.165) is 32.5 Å². The van der Waals surface area contributed by atoms with Crippen LogP contribution in [-0.4, -0.2) is 68.6 Å². The Kier molecular flexibility index (Phi) is 9.00. The van der Waals surface area contributed by atoms with Gasteiger partial charge in [0.25, 0.3) is 0 Å². The summed E-state index contributed by atoms with van der Waals surface area (Å²) < 4.78 is 5.67. The molecule has 0 saturated carbocycles. The molecule has 1 unspecified atom stereocenters. The molecule has 0 fully saturated rings. The predicted molar refractivity (Wildman–Crippen MR) is 62.9 cm³/mol. The van der Waals surface area contributed by atoms with Crippen molar-refractivity contribution in [2.75, 3.05) is 47.4 Å². The van der Waals surface area contributed by atoms with Crippen LogP contribution >= 0.6 is 0 Å². The van der Waals surface area contributed by atoms with E-state index in [2.05, 4.69) is 23.8 Å². The highest BCUT2D eigenvalue weighted by Crippen LogP contribution is 2.00. The zero-order chi connectivity index (χ0) is 11.7. The number of unbranched alkanes of at least 4 members (excludes halogenated alkanes) is 1. The topological polar surface area (TPSA) is 35.9 Å². The quantitative estimate of drug-likeness (QED) is 0.454. The average Bonchev–Trinajstić information content (AvgIpc) is 2.17. The van der Waals surface area contributed by atoms with Gasteiger partial charge >= 0.3 is 0 Å². The van der Waals surface area contributed by atoms with Crippen molar-refractivity contribution in [2.24, 2.45) is 0 Å². The fourth-order valence-corrected chi connectivity index (χ4v) is 1.19. The minimum Gasteiger partial charge on any atom is -0.396 e. The summed E-state index contributed by atoms with van der Waals surface area (Å²) in [5, 5.41) is 8.66. The summed E-state index contributed by atoms with van der Waals surface area (Å²) in [6.45, 7) is 5.04. The van der Waals surface area contributed by atoms with Crippen LogP contribution in [0.4, 0.5) is 0 Å². The predicted octanol–water partition coefficient (Wildman–Crippen LogP) is 0.615. The van der Waals surface area contributed by atoms with Gasteiger partial charge in [-0.15, -0.1) is 0 Å². The molecule has 0 aliphatic heterocycles. The van der Waals surface area contributed by atoms with Crippen molar-refractivity contribution in [3.05, 3.63) is 0 Å². The van der Waals surface area contributed by atoms with Crippen LogP contribution in [0.15, 0.2) is 0 Å². The second-order valence-corrected chi connectivity index (χ2v) is 4.18. The van der Waals surface area contributed by atoms with Crippen LogP contribution in [-0.2, 0) is 4.74 Å². The van der Waals surface area contributed by atoms with Gasteiger partial charge in [0.2, 0.25) is 0 Å². The first-order valence-corrected chi connectivity index (χ1v) is 5.65. The summed E-state index contributed by atoms with van der Waals surface area (Å²) in [6, 6.07) is 0. The van der Waals surface area contributed by atoms with Gasteiger partial charge in [-0.05, 0) is 40.9 Å². The molecule has 1 N–H and O–H groups in total. The van der Waals surface area contributed by atoms with E-state index in [1.54, 1.807) is 0 Å². The number of rotatable bonds is 9. The van der Waals surface area contributed by atoms with Gasteiger partial charge in [-0.1, -0.05) is 0 Å². The second-order valence-electron chi connectivity index (χ2n) is 4.18. The molecule has 15 heavy (non-hydrogen) atoms. The molecule has 1 atom stereocenters. The number of ether oxygens (including phenoxy) is 1. The second kappa shape index (κ2) is 9.09. The van der Waals surface area contributed by atoms with Crippen LogP contribution in [0.3, 0.4) is 0 Å². The smallest absolute Gasteiger partial charge is 0.107 e. The molecule has 0 bridgehead atoms. The molecule has 0 amide bonds. The van der Waals surface area contributed by atoms with Crippen molar-refractivity contribution in [3.63, 3.8) is 0 Å². The molecule has 4 heteroatoms. The van der Waals surface area contributed by atoms with Crippen LogP contribution in [0.5, 0.6) is 0 Å². The fraction of sp³-hybridized carbons (Fsp3) is 1.00. The number of aliphatic hydroxyl groups excluding tert-OH is 1. The van der Waals surface area contributed by atoms with Gasteiger partial charge in [-0.3, -0.25) is 4.90 Å². The van der Waals surface area contributed by atoms with Crippen molar-refractivity contribution in [3.8, 4) is 0 Å². The summed E-state index contributed by atoms with van der Waals surface area (Å²) >= 11 is 0. The molecule has 0 heterocycles. The van der Waals surface area contributed by atoms with E-state index in [-0.39, 0.29) is 12.8 Å². The third-order valence-corrected chi connectivity index (χ3v) is 2.44. The van der Waals surface area contributed by atoms with Crippen molar-refractivity contribution in [2.45, 2.75) is 26.0 Å². The molecule has 0 aromatic carbocycles. The van der Waals surface area contributed by atoms with Gasteiger partial charge in [0.1, 0.15) is 6.23 Å². The van der Waals surface area contributed by atoms with Crippen LogP contribution in [0.25, 0.3) is 0 Å². The first-order chi connectivity index (χ1) is 7.07. The van der Waals surface area contributed by atoms with Crippen molar-refractivity contribution in [1.29, 1.82) is 0 Å². The minimum absolute atomic E-state index is 0.156. The Bertz CT molecular complexity index is 143. The van der Waals surface area contributed by atoms with Gasteiger partial charge in [-0.25, -0.2) is 0 Å². The average molecular weight is 218 g/mol. The van der Waals surface area contributed by atoms with Crippen LogP contribution in [0, 0.1) is 0 Å².